The highest BCUT2D eigenvalue weighted by atomic mass is 16.4. The van der Waals surface area contributed by atoms with E-state index in [1.807, 2.05) is 12.1 Å². The van der Waals surface area contributed by atoms with E-state index < -0.39 is 5.97 Å². The number of likely N-dealkylation sites (N-methyl/N-ethyl adjacent to an activating group) is 1. The molecule has 4 heteroatoms. The van der Waals surface area contributed by atoms with Crippen LogP contribution in [-0.4, -0.2) is 48.7 Å². The monoisotopic (exact) mass is 262 g/mol. The van der Waals surface area contributed by atoms with E-state index in [9.17, 15) is 9.90 Å². The quantitative estimate of drug-likeness (QED) is 0.906. The molecule has 0 amide bonds. The Morgan fingerprint density at radius 1 is 1.42 bits per heavy atom. The lowest BCUT2D eigenvalue weighted by Gasteiger charge is -2.40. The summed E-state index contributed by atoms with van der Waals surface area (Å²) in [6, 6.07) is 6.02. The van der Waals surface area contributed by atoms with E-state index in [-0.39, 0.29) is 0 Å². The molecule has 1 aliphatic rings. The second-order valence-electron chi connectivity index (χ2n) is 5.25. The normalized spacial score (nSPS) is 20.6. The Labute approximate surface area is 114 Å². The van der Waals surface area contributed by atoms with Crippen LogP contribution in [0.15, 0.2) is 18.2 Å². The summed E-state index contributed by atoms with van der Waals surface area (Å²) < 4.78 is 0. The number of hydrogen-bond donors (Lipinski definition) is 1. The molecule has 0 radical (unpaired) electrons. The number of aryl methyl sites for hydroxylation is 1. The van der Waals surface area contributed by atoms with Crippen molar-refractivity contribution in [2.24, 2.45) is 0 Å². The highest BCUT2D eigenvalue weighted by Crippen LogP contribution is 2.28. The number of benzene rings is 1. The van der Waals surface area contributed by atoms with E-state index in [0.29, 0.717) is 11.6 Å². The highest BCUT2D eigenvalue weighted by Gasteiger charge is 2.25. The van der Waals surface area contributed by atoms with Gasteiger partial charge in [-0.25, -0.2) is 4.79 Å². The molecule has 4 nitrogen and oxygen atoms in total. The van der Waals surface area contributed by atoms with E-state index in [0.717, 1.165) is 37.3 Å². The lowest BCUT2D eigenvalue weighted by atomic mass is 10.0. The lowest BCUT2D eigenvalue weighted by Crippen LogP contribution is -2.50. The first-order valence-electron chi connectivity index (χ1n) is 6.85. The molecule has 1 heterocycles. The fraction of sp³-hybridized carbons (Fsp3) is 0.533. The SMILES string of the molecule is CCc1cccc(C(=O)O)c1N1CCN(C)C(C)C1. The summed E-state index contributed by atoms with van der Waals surface area (Å²) in [5.41, 5.74) is 2.46. The van der Waals surface area contributed by atoms with Gasteiger partial charge in [-0.3, -0.25) is 0 Å². The predicted molar refractivity (Wildman–Crippen MR) is 77.1 cm³/mol. The number of piperazine rings is 1. The molecule has 2 rings (SSSR count). The molecule has 1 unspecified atom stereocenters. The Balaban J connectivity index is 2.40. The predicted octanol–water partition coefficient (Wildman–Crippen LogP) is 2.09. The molecule has 1 atom stereocenters. The number of aromatic carboxylic acids is 1. The average Bonchev–Trinajstić information content (AvgIpc) is 2.41. The van der Waals surface area contributed by atoms with Crippen LogP contribution in [0.3, 0.4) is 0 Å². The Hall–Kier alpha value is -1.55. The van der Waals surface area contributed by atoms with Crippen LogP contribution in [0, 0.1) is 0 Å². The molecule has 0 spiro atoms. The molecular weight excluding hydrogens is 240 g/mol. The summed E-state index contributed by atoms with van der Waals surface area (Å²) in [5.74, 6) is -0.836. The first-order chi connectivity index (χ1) is 9.04. The van der Waals surface area contributed by atoms with Crippen molar-refractivity contribution < 1.29 is 9.90 Å². The number of para-hydroxylation sites is 1. The minimum absolute atomic E-state index is 0.427. The van der Waals surface area contributed by atoms with Crippen molar-refractivity contribution in [3.8, 4) is 0 Å². The number of carboxylic acid groups (broad SMARTS) is 1. The van der Waals surface area contributed by atoms with Crippen molar-refractivity contribution in [2.75, 3.05) is 31.6 Å². The summed E-state index contributed by atoms with van der Waals surface area (Å²) in [5, 5.41) is 9.40. The van der Waals surface area contributed by atoms with Gasteiger partial charge in [0.15, 0.2) is 0 Å². The van der Waals surface area contributed by atoms with Crippen LogP contribution in [0.4, 0.5) is 5.69 Å². The Morgan fingerprint density at radius 2 is 2.16 bits per heavy atom. The summed E-state index contributed by atoms with van der Waals surface area (Å²) in [6.45, 7) is 7.00. The standard InChI is InChI=1S/C15H22N2O2/c1-4-12-6-5-7-13(15(18)19)14(12)17-9-8-16(3)11(2)10-17/h5-7,11H,4,8-10H2,1-3H3,(H,18,19). The number of carboxylic acids is 1. The van der Waals surface area contributed by atoms with Crippen molar-refractivity contribution in [2.45, 2.75) is 26.3 Å². The lowest BCUT2D eigenvalue weighted by molar-refractivity contribution is 0.0697. The van der Waals surface area contributed by atoms with E-state index in [1.54, 1.807) is 6.07 Å². The summed E-state index contributed by atoms with van der Waals surface area (Å²) in [4.78, 5) is 16.0. The zero-order valence-corrected chi connectivity index (χ0v) is 11.9. The van der Waals surface area contributed by atoms with Gasteiger partial charge >= 0.3 is 5.97 Å². The van der Waals surface area contributed by atoms with E-state index >= 15 is 0 Å². The molecule has 0 aliphatic carbocycles. The fourth-order valence-electron chi connectivity index (χ4n) is 2.67. The molecule has 1 aliphatic heterocycles. The van der Waals surface area contributed by atoms with Gasteiger partial charge in [0.1, 0.15) is 0 Å². The first kappa shape index (κ1) is 13.9. The minimum Gasteiger partial charge on any atom is -0.478 e. The smallest absolute Gasteiger partial charge is 0.337 e. The zero-order chi connectivity index (χ0) is 14.0. The second kappa shape index (κ2) is 5.61. The molecule has 1 N–H and O–H groups in total. The Kier molecular flexibility index (Phi) is 4.10. The van der Waals surface area contributed by atoms with Crippen molar-refractivity contribution in [3.05, 3.63) is 29.3 Å². The minimum atomic E-state index is -0.836. The van der Waals surface area contributed by atoms with Gasteiger partial charge in [0.25, 0.3) is 0 Å². The van der Waals surface area contributed by atoms with Crippen molar-refractivity contribution in [1.29, 1.82) is 0 Å². The topological polar surface area (TPSA) is 43.8 Å². The van der Waals surface area contributed by atoms with Gasteiger partial charge in [-0.05, 0) is 32.0 Å². The van der Waals surface area contributed by atoms with Gasteiger partial charge in [-0.2, -0.15) is 0 Å². The van der Waals surface area contributed by atoms with Crippen molar-refractivity contribution in [1.82, 2.24) is 4.90 Å². The molecule has 0 aromatic heterocycles. The van der Waals surface area contributed by atoms with Crippen LogP contribution in [-0.2, 0) is 6.42 Å². The van der Waals surface area contributed by atoms with Crippen LogP contribution in [0.2, 0.25) is 0 Å². The maximum absolute atomic E-state index is 11.4. The Morgan fingerprint density at radius 3 is 2.74 bits per heavy atom. The van der Waals surface area contributed by atoms with Crippen LogP contribution in [0.5, 0.6) is 0 Å². The van der Waals surface area contributed by atoms with Gasteiger partial charge in [-0.1, -0.05) is 19.1 Å². The maximum Gasteiger partial charge on any atom is 0.337 e. The molecule has 19 heavy (non-hydrogen) atoms. The summed E-state index contributed by atoms with van der Waals surface area (Å²) in [6.07, 6.45) is 0.858. The molecule has 1 saturated heterocycles. The van der Waals surface area contributed by atoms with Crippen LogP contribution in [0.1, 0.15) is 29.8 Å². The molecule has 104 valence electrons. The first-order valence-corrected chi connectivity index (χ1v) is 6.85. The van der Waals surface area contributed by atoms with E-state index in [4.69, 9.17) is 0 Å². The zero-order valence-electron chi connectivity index (χ0n) is 11.9. The largest absolute Gasteiger partial charge is 0.478 e. The van der Waals surface area contributed by atoms with E-state index in [1.165, 1.54) is 0 Å². The second-order valence-corrected chi connectivity index (χ2v) is 5.25. The molecule has 0 bridgehead atoms. The van der Waals surface area contributed by atoms with Gasteiger partial charge in [0, 0.05) is 25.7 Å². The van der Waals surface area contributed by atoms with E-state index in [2.05, 4.69) is 30.7 Å². The van der Waals surface area contributed by atoms with Gasteiger partial charge in [0.05, 0.1) is 11.3 Å². The van der Waals surface area contributed by atoms with Gasteiger partial charge in [-0.15, -0.1) is 0 Å². The number of anilines is 1. The summed E-state index contributed by atoms with van der Waals surface area (Å²) >= 11 is 0. The van der Waals surface area contributed by atoms with Crippen molar-refractivity contribution in [3.63, 3.8) is 0 Å². The van der Waals surface area contributed by atoms with Crippen LogP contribution < -0.4 is 4.90 Å². The fourth-order valence-corrected chi connectivity index (χ4v) is 2.67. The molecule has 1 fully saturated rings. The van der Waals surface area contributed by atoms with Crippen LogP contribution >= 0.6 is 0 Å². The molecular formula is C15H22N2O2. The third kappa shape index (κ3) is 2.73. The van der Waals surface area contributed by atoms with Crippen LogP contribution in [0.25, 0.3) is 0 Å². The summed E-state index contributed by atoms with van der Waals surface area (Å²) in [7, 11) is 2.12. The van der Waals surface area contributed by atoms with Gasteiger partial charge in [0.2, 0.25) is 0 Å². The number of nitrogens with zero attached hydrogens (tertiary/aromatic N) is 2. The Bertz CT molecular complexity index is 473. The molecule has 0 saturated carbocycles. The van der Waals surface area contributed by atoms with Gasteiger partial charge < -0.3 is 14.9 Å². The number of carbonyl (C=O) groups is 1. The molecule has 1 aromatic carbocycles. The maximum atomic E-state index is 11.4. The number of rotatable bonds is 3. The number of hydrogen-bond acceptors (Lipinski definition) is 3. The van der Waals surface area contributed by atoms with Crippen molar-refractivity contribution >= 4 is 11.7 Å². The highest BCUT2D eigenvalue weighted by molar-refractivity contribution is 5.95. The third-order valence-electron chi connectivity index (χ3n) is 4.01. The average molecular weight is 262 g/mol. The molecule has 1 aromatic rings. The third-order valence-corrected chi connectivity index (χ3v) is 4.01.